The van der Waals surface area contributed by atoms with E-state index in [-0.39, 0.29) is 11.8 Å². The number of fused-ring (bicyclic) bond motifs is 1. The molecule has 0 spiro atoms. The molecule has 0 fully saturated rings. The van der Waals surface area contributed by atoms with Crippen molar-refractivity contribution < 1.29 is 0 Å². The lowest BCUT2D eigenvalue weighted by Crippen LogP contribution is -2.03. The van der Waals surface area contributed by atoms with Gasteiger partial charge in [-0.05, 0) is 11.6 Å². The Morgan fingerprint density at radius 2 is 1.90 bits per heavy atom. The molecule has 106 valence electrons. The van der Waals surface area contributed by atoms with E-state index in [4.69, 9.17) is 23.1 Å². The van der Waals surface area contributed by atoms with Crippen LogP contribution in [0.1, 0.15) is 5.56 Å². The molecule has 1 aromatic carbocycles. The van der Waals surface area contributed by atoms with Gasteiger partial charge in [-0.25, -0.2) is 9.97 Å². The molecule has 2 heterocycles. The van der Waals surface area contributed by atoms with Crippen LogP contribution in [0.15, 0.2) is 35.5 Å². The number of benzene rings is 1. The average Bonchev–Trinajstić information content (AvgIpc) is 2.46. The molecule has 0 saturated heterocycles. The summed E-state index contributed by atoms with van der Waals surface area (Å²) >= 11 is 7.64. The lowest BCUT2D eigenvalue weighted by atomic mass is 10.2. The highest BCUT2D eigenvalue weighted by Gasteiger charge is 2.08. The highest BCUT2D eigenvalue weighted by atomic mass is 35.5. The number of halogens is 1. The Morgan fingerprint density at radius 3 is 2.71 bits per heavy atom. The molecule has 0 amide bonds. The van der Waals surface area contributed by atoms with Crippen LogP contribution in [0.5, 0.6) is 0 Å². The number of nitrogens with zero attached hydrogens (tertiary/aromatic N) is 4. The second kappa shape index (κ2) is 5.71. The van der Waals surface area contributed by atoms with Crippen LogP contribution in [-0.2, 0) is 5.75 Å². The molecular formula is C13H11ClN6S. The Bertz CT molecular complexity index is 810. The van der Waals surface area contributed by atoms with Gasteiger partial charge in [0, 0.05) is 10.8 Å². The molecule has 0 saturated carbocycles. The van der Waals surface area contributed by atoms with Crippen molar-refractivity contribution in [2.75, 3.05) is 11.5 Å². The minimum Gasteiger partial charge on any atom is -0.382 e. The van der Waals surface area contributed by atoms with E-state index in [9.17, 15) is 0 Å². The van der Waals surface area contributed by atoms with E-state index in [1.54, 1.807) is 6.20 Å². The molecule has 2 aromatic heterocycles. The molecule has 0 aliphatic rings. The highest BCUT2D eigenvalue weighted by molar-refractivity contribution is 7.98. The summed E-state index contributed by atoms with van der Waals surface area (Å²) < 4.78 is 0. The van der Waals surface area contributed by atoms with Crippen molar-refractivity contribution in [3.8, 4) is 0 Å². The van der Waals surface area contributed by atoms with Crippen LogP contribution >= 0.6 is 23.4 Å². The molecule has 21 heavy (non-hydrogen) atoms. The van der Waals surface area contributed by atoms with Crippen molar-refractivity contribution in [1.29, 1.82) is 0 Å². The van der Waals surface area contributed by atoms with Crippen molar-refractivity contribution in [2.24, 2.45) is 0 Å². The Morgan fingerprint density at radius 1 is 1.10 bits per heavy atom. The molecule has 4 N–H and O–H groups in total. The zero-order valence-electron chi connectivity index (χ0n) is 10.8. The molecule has 6 nitrogen and oxygen atoms in total. The fourth-order valence-corrected chi connectivity index (χ4v) is 2.89. The number of hydrogen-bond donors (Lipinski definition) is 2. The maximum Gasteiger partial charge on any atom is 0.224 e. The monoisotopic (exact) mass is 318 g/mol. The Hall–Kier alpha value is -2.12. The van der Waals surface area contributed by atoms with E-state index in [1.165, 1.54) is 11.8 Å². The normalized spacial score (nSPS) is 10.9. The Balaban J connectivity index is 1.87. The molecule has 8 heteroatoms. The molecule has 0 bridgehead atoms. The third-order valence-electron chi connectivity index (χ3n) is 2.76. The summed E-state index contributed by atoms with van der Waals surface area (Å²) in [5.74, 6) is 1.01. The Kier molecular flexibility index (Phi) is 3.76. The minimum absolute atomic E-state index is 0.0887. The quantitative estimate of drug-likeness (QED) is 0.715. The largest absolute Gasteiger partial charge is 0.382 e. The zero-order chi connectivity index (χ0) is 14.8. The number of hydrogen-bond acceptors (Lipinski definition) is 7. The van der Waals surface area contributed by atoms with E-state index in [0.717, 1.165) is 15.6 Å². The van der Waals surface area contributed by atoms with Gasteiger partial charge in [-0.15, -0.1) is 11.8 Å². The molecule has 0 atom stereocenters. The van der Waals surface area contributed by atoms with Crippen LogP contribution in [0.25, 0.3) is 11.2 Å². The predicted octanol–water partition coefficient (Wildman–Crippen LogP) is 2.53. The molecule has 0 radical (unpaired) electrons. The average molecular weight is 319 g/mol. The van der Waals surface area contributed by atoms with Crippen molar-refractivity contribution in [3.63, 3.8) is 0 Å². The van der Waals surface area contributed by atoms with Gasteiger partial charge in [0.05, 0.1) is 6.20 Å². The van der Waals surface area contributed by atoms with Crippen LogP contribution in [0.2, 0.25) is 5.02 Å². The number of anilines is 2. The summed E-state index contributed by atoms with van der Waals surface area (Å²) in [5, 5.41) is 1.46. The number of thioether (sulfide) groups is 1. The fraction of sp³-hybridized carbons (Fsp3) is 0.0769. The summed E-state index contributed by atoms with van der Waals surface area (Å²) in [6.45, 7) is 0. The SMILES string of the molecule is Nc1nc(N)c2nc(SCc3ccccc3Cl)cnc2n1. The number of rotatable bonds is 3. The lowest BCUT2D eigenvalue weighted by molar-refractivity contribution is 1.08. The van der Waals surface area contributed by atoms with Crippen LogP contribution in [0.3, 0.4) is 0 Å². The Labute approximate surface area is 130 Å². The lowest BCUT2D eigenvalue weighted by Gasteiger charge is -2.05. The molecule has 3 aromatic rings. The van der Waals surface area contributed by atoms with Crippen LogP contribution in [-0.4, -0.2) is 19.9 Å². The third kappa shape index (κ3) is 2.98. The minimum atomic E-state index is 0.0887. The first kappa shape index (κ1) is 13.8. The number of nitrogen functional groups attached to an aromatic ring is 2. The van der Waals surface area contributed by atoms with E-state index in [2.05, 4.69) is 19.9 Å². The number of aromatic nitrogens is 4. The predicted molar refractivity (Wildman–Crippen MR) is 85.0 cm³/mol. The van der Waals surface area contributed by atoms with Crippen molar-refractivity contribution in [1.82, 2.24) is 19.9 Å². The van der Waals surface area contributed by atoms with E-state index in [0.29, 0.717) is 16.9 Å². The smallest absolute Gasteiger partial charge is 0.224 e. The van der Waals surface area contributed by atoms with Crippen molar-refractivity contribution in [3.05, 3.63) is 41.0 Å². The second-order valence-corrected chi connectivity index (χ2v) is 5.63. The van der Waals surface area contributed by atoms with Gasteiger partial charge in [0.2, 0.25) is 5.95 Å². The van der Waals surface area contributed by atoms with E-state index < -0.39 is 0 Å². The first-order valence-electron chi connectivity index (χ1n) is 6.05. The van der Waals surface area contributed by atoms with Crippen LogP contribution in [0.4, 0.5) is 11.8 Å². The maximum atomic E-state index is 6.12. The van der Waals surface area contributed by atoms with Crippen LogP contribution < -0.4 is 11.5 Å². The van der Waals surface area contributed by atoms with Gasteiger partial charge < -0.3 is 11.5 Å². The molecule has 0 aliphatic heterocycles. The number of nitrogens with two attached hydrogens (primary N) is 2. The van der Waals surface area contributed by atoms with E-state index in [1.807, 2.05) is 24.3 Å². The van der Waals surface area contributed by atoms with E-state index >= 15 is 0 Å². The topological polar surface area (TPSA) is 104 Å². The molecule has 3 rings (SSSR count). The second-order valence-electron chi connectivity index (χ2n) is 4.23. The summed E-state index contributed by atoms with van der Waals surface area (Å²) in [6, 6.07) is 7.68. The maximum absolute atomic E-state index is 6.12. The first-order valence-corrected chi connectivity index (χ1v) is 7.42. The van der Waals surface area contributed by atoms with Gasteiger partial charge in [-0.3, -0.25) is 0 Å². The highest BCUT2D eigenvalue weighted by Crippen LogP contribution is 2.26. The first-order chi connectivity index (χ1) is 10.1. The third-order valence-corrected chi connectivity index (χ3v) is 4.08. The van der Waals surface area contributed by atoms with Gasteiger partial charge >= 0.3 is 0 Å². The van der Waals surface area contributed by atoms with Crippen molar-refractivity contribution >= 4 is 46.3 Å². The summed E-state index contributed by atoms with van der Waals surface area (Å²) in [6.07, 6.45) is 1.63. The standard InChI is InChI=1S/C13H11ClN6S/c14-8-4-2-1-3-7(8)6-21-9-5-17-12-10(18-9)11(15)19-13(16)20-12/h1-5H,6H2,(H4,15,16,17,19,20). The summed E-state index contributed by atoms with van der Waals surface area (Å²) in [4.78, 5) is 16.5. The molecule has 0 unspecified atom stereocenters. The summed E-state index contributed by atoms with van der Waals surface area (Å²) in [5.41, 5.74) is 13.2. The van der Waals surface area contributed by atoms with Gasteiger partial charge in [-0.2, -0.15) is 9.97 Å². The van der Waals surface area contributed by atoms with Gasteiger partial charge in [0.1, 0.15) is 5.03 Å². The molecule has 0 aliphatic carbocycles. The zero-order valence-corrected chi connectivity index (χ0v) is 12.4. The van der Waals surface area contributed by atoms with Gasteiger partial charge in [-0.1, -0.05) is 29.8 Å². The van der Waals surface area contributed by atoms with Crippen LogP contribution in [0, 0.1) is 0 Å². The van der Waals surface area contributed by atoms with Crippen molar-refractivity contribution in [2.45, 2.75) is 10.8 Å². The molecular weight excluding hydrogens is 308 g/mol. The van der Waals surface area contributed by atoms with Gasteiger partial charge in [0.15, 0.2) is 17.0 Å². The fourth-order valence-electron chi connectivity index (χ4n) is 1.77. The van der Waals surface area contributed by atoms with Gasteiger partial charge in [0.25, 0.3) is 0 Å². The summed E-state index contributed by atoms with van der Waals surface area (Å²) in [7, 11) is 0.